The maximum absolute atomic E-state index is 11.7. The van der Waals surface area contributed by atoms with Gasteiger partial charge in [0.2, 0.25) is 5.12 Å². The first-order valence-electron chi connectivity index (χ1n) is 5.53. The fraction of sp³-hybridized carbons (Fsp3) is 0.231. The summed E-state index contributed by atoms with van der Waals surface area (Å²) in [6.07, 6.45) is 3.69. The third-order valence-electron chi connectivity index (χ3n) is 2.29. The Morgan fingerprint density at radius 2 is 2.22 bits per heavy atom. The number of carbonyl (C=O) groups is 1. The molecule has 0 atom stereocenters. The lowest BCUT2D eigenvalue weighted by Crippen LogP contribution is -1.94. The second-order valence-electron chi connectivity index (χ2n) is 3.47. The lowest BCUT2D eigenvalue weighted by atomic mass is 10.1. The summed E-state index contributed by atoms with van der Waals surface area (Å²) in [7, 11) is 0. The zero-order valence-electron chi connectivity index (χ0n) is 10.2. The van der Waals surface area contributed by atoms with Crippen molar-refractivity contribution in [2.45, 2.75) is 6.92 Å². The summed E-state index contributed by atoms with van der Waals surface area (Å²) < 4.78 is 6.31. The number of rotatable bonds is 3. The van der Waals surface area contributed by atoms with Gasteiger partial charge in [-0.25, -0.2) is 4.99 Å². The molecule has 0 amide bonds. The van der Waals surface area contributed by atoms with E-state index in [0.717, 1.165) is 15.7 Å². The minimum Gasteiger partial charge on any atom is -0.493 e. The Kier molecular flexibility index (Phi) is 4.49. The maximum Gasteiger partial charge on any atom is 0.244 e. The molecule has 0 radical (unpaired) electrons. The molecule has 0 saturated heterocycles. The van der Waals surface area contributed by atoms with Crippen molar-refractivity contribution in [2.24, 2.45) is 4.99 Å². The van der Waals surface area contributed by atoms with Crippen LogP contribution in [0.1, 0.15) is 12.5 Å². The summed E-state index contributed by atoms with van der Waals surface area (Å²) in [5, 5.41) is -0.00866. The van der Waals surface area contributed by atoms with Gasteiger partial charge in [-0.15, -0.1) is 11.8 Å². The Labute approximate surface area is 115 Å². The fourth-order valence-corrected chi connectivity index (χ4v) is 2.77. The van der Waals surface area contributed by atoms with Gasteiger partial charge in [-0.2, -0.15) is 0 Å². The van der Waals surface area contributed by atoms with Gasteiger partial charge in [0.1, 0.15) is 15.8 Å². The molecule has 0 spiro atoms. The zero-order chi connectivity index (χ0) is 13.0. The smallest absolute Gasteiger partial charge is 0.244 e. The minimum absolute atomic E-state index is 0.00866. The van der Waals surface area contributed by atoms with Gasteiger partial charge in [-0.3, -0.25) is 4.79 Å². The van der Waals surface area contributed by atoms with E-state index < -0.39 is 0 Å². The Hall–Kier alpha value is -1.20. The highest BCUT2D eigenvalue weighted by Gasteiger charge is 2.21. The van der Waals surface area contributed by atoms with Crippen molar-refractivity contribution in [3.8, 4) is 5.75 Å². The lowest BCUT2D eigenvalue weighted by Gasteiger charge is -2.06. The summed E-state index contributed by atoms with van der Waals surface area (Å²) in [6.45, 7) is 2.53. The van der Waals surface area contributed by atoms with Crippen LogP contribution >= 0.6 is 23.5 Å². The summed E-state index contributed by atoms with van der Waals surface area (Å²) in [5.41, 5.74) is 1.37. The van der Waals surface area contributed by atoms with Crippen LogP contribution in [-0.2, 0) is 4.79 Å². The van der Waals surface area contributed by atoms with Crippen LogP contribution in [0.4, 0.5) is 0 Å². The molecule has 0 bridgehead atoms. The van der Waals surface area contributed by atoms with Crippen molar-refractivity contribution in [3.05, 3.63) is 35.5 Å². The molecular formula is C13H13NO2S2. The number of para-hydroxylation sites is 1. The molecule has 0 unspecified atom stereocenters. The van der Waals surface area contributed by atoms with Crippen LogP contribution in [0.25, 0.3) is 6.08 Å². The second kappa shape index (κ2) is 6.11. The van der Waals surface area contributed by atoms with E-state index in [9.17, 15) is 4.79 Å². The van der Waals surface area contributed by atoms with Crippen LogP contribution in [0.2, 0.25) is 0 Å². The van der Waals surface area contributed by atoms with Crippen molar-refractivity contribution in [1.82, 2.24) is 0 Å². The van der Waals surface area contributed by atoms with Crippen LogP contribution in [0, 0.1) is 0 Å². The SMILES string of the molecule is CCOc1ccccc1/C=C1/N=C(SC)SC1=O. The standard InChI is InChI=1S/C13H13NO2S2/c1-3-16-11-7-5-4-6-9(11)8-10-12(15)18-13(14-10)17-2/h4-8H,3H2,1-2H3/b10-8+. The fourth-order valence-electron chi connectivity index (χ4n) is 1.51. The monoisotopic (exact) mass is 279 g/mol. The number of hydrogen-bond donors (Lipinski definition) is 0. The molecule has 1 aliphatic heterocycles. The van der Waals surface area contributed by atoms with Gasteiger partial charge in [-0.05, 0) is 37.1 Å². The highest BCUT2D eigenvalue weighted by molar-refractivity contribution is 8.45. The first kappa shape index (κ1) is 13.2. The van der Waals surface area contributed by atoms with Gasteiger partial charge in [0.25, 0.3) is 0 Å². The van der Waals surface area contributed by atoms with E-state index in [-0.39, 0.29) is 5.12 Å². The maximum atomic E-state index is 11.7. The van der Waals surface area contributed by atoms with Crippen LogP contribution < -0.4 is 4.74 Å². The summed E-state index contributed by atoms with van der Waals surface area (Å²) in [6, 6.07) is 7.64. The Morgan fingerprint density at radius 3 is 2.89 bits per heavy atom. The Bertz CT molecular complexity index is 523. The number of hydrogen-bond acceptors (Lipinski definition) is 5. The third-order valence-corrected chi connectivity index (χ3v) is 4.14. The first-order chi connectivity index (χ1) is 8.74. The molecule has 0 aromatic heterocycles. The Balaban J connectivity index is 2.33. The molecule has 0 aliphatic carbocycles. The van der Waals surface area contributed by atoms with E-state index in [0.29, 0.717) is 12.3 Å². The van der Waals surface area contributed by atoms with E-state index in [1.165, 1.54) is 23.5 Å². The highest BCUT2D eigenvalue weighted by Crippen LogP contribution is 2.31. The van der Waals surface area contributed by atoms with Gasteiger partial charge < -0.3 is 4.74 Å². The van der Waals surface area contributed by atoms with E-state index >= 15 is 0 Å². The molecule has 1 heterocycles. The van der Waals surface area contributed by atoms with Gasteiger partial charge in [0.15, 0.2) is 0 Å². The van der Waals surface area contributed by atoms with Gasteiger partial charge in [-0.1, -0.05) is 18.2 Å². The molecule has 94 valence electrons. The number of thioether (sulfide) groups is 2. The largest absolute Gasteiger partial charge is 0.493 e. The zero-order valence-corrected chi connectivity index (χ0v) is 11.8. The van der Waals surface area contributed by atoms with Crippen LogP contribution in [0.15, 0.2) is 35.0 Å². The van der Waals surface area contributed by atoms with Crippen molar-refractivity contribution in [2.75, 3.05) is 12.9 Å². The lowest BCUT2D eigenvalue weighted by molar-refractivity contribution is -0.107. The molecule has 1 aliphatic rings. The summed E-state index contributed by atoms with van der Waals surface area (Å²) in [5.74, 6) is 0.776. The highest BCUT2D eigenvalue weighted by atomic mass is 32.2. The molecule has 1 aromatic carbocycles. The van der Waals surface area contributed by atoms with E-state index in [1.807, 2.05) is 37.4 Å². The Morgan fingerprint density at radius 1 is 1.44 bits per heavy atom. The van der Waals surface area contributed by atoms with Crippen molar-refractivity contribution < 1.29 is 9.53 Å². The van der Waals surface area contributed by atoms with Crippen molar-refractivity contribution in [3.63, 3.8) is 0 Å². The minimum atomic E-state index is -0.00866. The van der Waals surface area contributed by atoms with Gasteiger partial charge >= 0.3 is 0 Å². The predicted octanol–water partition coefficient (Wildman–Crippen LogP) is 3.42. The average Bonchev–Trinajstić information content (AvgIpc) is 2.73. The normalized spacial score (nSPS) is 17.1. The molecule has 5 heteroatoms. The molecule has 0 saturated carbocycles. The molecule has 3 nitrogen and oxygen atoms in total. The number of carbonyl (C=O) groups excluding carboxylic acids is 1. The predicted molar refractivity (Wildman–Crippen MR) is 79.1 cm³/mol. The van der Waals surface area contributed by atoms with Crippen LogP contribution in [0.3, 0.4) is 0 Å². The number of ether oxygens (including phenoxy) is 1. The molecular weight excluding hydrogens is 266 g/mol. The molecule has 0 fully saturated rings. The quantitative estimate of drug-likeness (QED) is 0.795. The van der Waals surface area contributed by atoms with Crippen LogP contribution in [0.5, 0.6) is 5.75 Å². The second-order valence-corrected chi connectivity index (χ2v) is 5.49. The van der Waals surface area contributed by atoms with Crippen molar-refractivity contribution >= 4 is 39.1 Å². The van der Waals surface area contributed by atoms with Gasteiger partial charge in [0.05, 0.1) is 6.61 Å². The van der Waals surface area contributed by atoms with Crippen molar-refractivity contribution in [1.29, 1.82) is 0 Å². The number of benzene rings is 1. The topological polar surface area (TPSA) is 38.7 Å². The third kappa shape index (κ3) is 2.97. The van der Waals surface area contributed by atoms with Crippen LogP contribution in [-0.4, -0.2) is 22.4 Å². The first-order valence-corrected chi connectivity index (χ1v) is 7.57. The summed E-state index contributed by atoms with van der Waals surface area (Å²) >= 11 is 2.66. The van der Waals surface area contributed by atoms with E-state index in [2.05, 4.69) is 4.99 Å². The molecule has 1 aromatic rings. The summed E-state index contributed by atoms with van der Waals surface area (Å²) in [4.78, 5) is 16.0. The number of aliphatic imine (C=N–C) groups is 1. The van der Waals surface area contributed by atoms with E-state index in [1.54, 1.807) is 6.08 Å². The average molecular weight is 279 g/mol. The molecule has 18 heavy (non-hydrogen) atoms. The van der Waals surface area contributed by atoms with Gasteiger partial charge in [0, 0.05) is 5.56 Å². The van der Waals surface area contributed by atoms with E-state index in [4.69, 9.17) is 4.74 Å². The molecule has 2 rings (SSSR count). The number of nitrogens with zero attached hydrogens (tertiary/aromatic N) is 1. The molecule has 0 N–H and O–H groups in total.